The molecule has 1 aromatic rings. The lowest BCUT2D eigenvalue weighted by Crippen LogP contribution is -2.29. The van der Waals surface area contributed by atoms with Crippen molar-refractivity contribution in [3.05, 3.63) is 17.6 Å². The molecular weight excluding hydrogens is 250 g/mol. The first-order chi connectivity index (χ1) is 9.13. The van der Waals surface area contributed by atoms with Crippen LogP contribution in [0.15, 0.2) is 16.5 Å². The molecule has 0 saturated carbocycles. The highest BCUT2D eigenvalue weighted by atomic mass is 16.6. The topological polar surface area (TPSA) is 98.1 Å². The summed E-state index contributed by atoms with van der Waals surface area (Å²) in [5, 5.41) is 9.73. The molecule has 0 atom stereocenters. The minimum absolute atomic E-state index is 0.00584. The van der Waals surface area contributed by atoms with Gasteiger partial charge in [-0.05, 0) is 13.8 Å². The number of hydrogen-bond acceptors (Lipinski definition) is 7. The Morgan fingerprint density at radius 1 is 1.53 bits per heavy atom. The number of oxime groups is 2. The molecule has 0 fully saturated rings. The van der Waals surface area contributed by atoms with Crippen LogP contribution >= 0.6 is 0 Å². The number of amides is 1. The van der Waals surface area contributed by atoms with Gasteiger partial charge >= 0.3 is 0 Å². The average Bonchev–Trinajstić information content (AvgIpc) is 2.42. The maximum absolute atomic E-state index is 11.7. The third kappa shape index (κ3) is 3.73. The molecular formula is C11H15N5O3. The van der Waals surface area contributed by atoms with Crippen molar-refractivity contribution in [1.29, 1.82) is 0 Å². The van der Waals surface area contributed by atoms with Crippen molar-refractivity contribution in [2.45, 2.75) is 13.8 Å². The number of rotatable bonds is 5. The zero-order valence-electron chi connectivity index (χ0n) is 11.2. The third-order valence-corrected chi connectivity index (χ3v) is 2.00. The van der Waals surface area contributed by atoms with Crippen LogP contribution < -0.4 is 10.2 Å². The van der Waals surface area contributed by atoms with Crippen LogP contribution in [0.5, 0.6) is 5.88 Å². The first-order valence-corrected chi connectivity index (χ1v) is 5.46. The number of aromatic nitrogens is 2. The minimum atomic E-state index is -0.445. The summed E-state index contributed by atoms with van der Waals surface area (Å²) >= 11 is 0. The molecule has 1 heterocycles. The maximum atomic E-state index is 11.7. The number of nitrogens with one attached hydrogen (secondary N) is 1. The normalized spacial score (nSPS) is 11.5. The molecule has 0 unspecified atom stereocenters. The van der Waals surface area contributed by atoms with Crippen molar-refractivity contribution in [2.24, 2.45) is 10.3 Å². The van der Waals surface area contributed by atoms with Gasteiger partial charge in [0.2, 0.25) is 0 Å². The van der Waals surface area contributed by atoms with E-state index in [0.717, 1.165) is 0 Å². The van der Waals surface area contributed by atoms with Gasteiger partial charge in [-0.15, -0.1) is 0 Å². The van der Waals surface area contributed by atoms with E-state index in [4.69, 9.17) is 4.84 Å². The Morgan fingerprint density at radius 2 is 2.26 bits per heavy atom. The standard InChI is InChI=1S/C11H15N5O3/c1-5-14-19-11-8(6-13-7(2)15-11)9(16-18-4)10(17)12-3/h5-6H,1-4H3,(H,12,17)/b14-5?,16-9+. The number of nitrogens with zero attached hydrogens (tertiary/aromatic N) is 4. The molecule has 0 radical (unpaired) electrons. The van der Waals surface area contributed by atoms with Crippen molar-refractivity contribution in [2.75, 3.05) is 14.2 Å². The van der Waals surface area contributed by atoms with Crippen molar-refractivity contribution in [1.82, 2.24) is 15.3 Å². The maximum Gasteiger partial charge on any atom is 0.273 e. The summed E-state index contributed by atoms with van der Waals surface area (Å²) in [4.78, 5) is 29.6. The van der Waals surface area contributed by atoms with Crippen LogP contribution in [0.3, 0.4) is 0 Å². The summed E-state index contributed by atoms with van der Waals surface area (Å²) < 4.78 is 0. The number of likely N-dealkylation sites (N-methyl/N-ethyl adjacent to an activating group) is 1. The molecule has 8 nitrogen and oxygen atoms in total. The third-order valence-electron chi connectivity index (χ3n) is 2.00. The van der Waals surface area contributed by atoms with Crippen molar-refractivity contribution in [3.63, 3.8) is 0 Å². The fraction of sp³-hybridized carbons (Fsp3) is 0.364. The zero-order chi connectivity index (χ0) is 14.3. The van der Waals surface area contributed by atoms with Gasteiger partial charge in [-0.1, -0.05) is 10.3 Å². The number of aryl methyl sites for hydroxylation is 1. The van der Waals surface area contributed by atoms with Crippen LogP contribution in [0.2, 0.25) is 0 Å². The zero-order valence-corrected chi connectivity index (χ0v) is 11.2. The van der Waals surface area contributed by atoms with Crippen LogP contribution in [-0.2, 0) is 9.63 Å². The average molecular weight is 265 g/mol. The van der Waals surface area contributed by atoms with Gasteiger partial charge in [0, 0.05) is 19.5 Å². The second kappa shape index (κ2) is 7.04. The number of hydrogen-bond donors (Lipinski definition) is 1. The molecule has 102 valence electrons. The highest BCUT2D eigenvalue weighted by Crippen LogP contribution is 2.16. The first-order valence-electron chi connectivity index (χ1n) is 5.46. The van der Waals surface area contributed by atoms with Gasteiger partial charge in [0.1, 0.15) is 12.9 Å². The van der Waals surface area contributed by atoms with Crippen LogP contribution in [0.1, 0.15) is 18.3 Å². The molecule has 19 heavy (non-hydrogen) atoms. The van der Waals surface area contributed by atoms with E-state index in [1.807, 2.05) is 0 Å². The van der Waals surface area contributed by atoms with E-state index in [9.17, 15) is 4.79 Å². The second-order valence-corrected chi connectivity index (χ2v) is 3.29. The molecule has 8 heteroatoms. The van der Waals surface area contributed by atoms with Gasteiger partial charge in [-0.2, -0.15) is 4.98 Å². The molecule has 0 spiro atoms. The molecule has 0 aliphatic carbocycles. The first kappa shape index (κ1) is 14.6. The molecule has 1 rings (SSSR count). The number of carbonyl (C=O) groups excluding carboxylic acids is 1. The molecule has 0 aromatic carbocycles. The molecule has 0 saturated heterocycles. The van der Waals surface area contributed by atoms with Crippen molar-refractivity contribution < 1.29 is 14.5 Å². The van der Waals surface area contributed by atoms with Gasteiger partial charge in [-0.3, -0.25) is 4.79 Å². The van der Waals surface area contributed by atoms with Crippen molar-refractivity contribution >= 4 is 17.8 Å². The van der Waals surface area contributed by atoms with E-state index >= 15 is 0 Å². The summed E-state index contributed by atoms with van der Waals surface area (Å²) in [5.74, 6) is 0.170. The highest BCUT2D eigenvalue weighted by molar-refractivity contribution is 6.45. The minimum Gasteiger partial charge on any atom is -0.398 e. The highest BCUT2D eigenvalue weighted by Gasteiger charge is 2.21. The van der Waals surface area contributed by atoms with E-state index in [0.29, 0.717) is 5.82 Å². The second-order valence-electron chi connectivity index (χ2n) is 3.29. The Hall–Kier alpha value is -2.51. The predicted molar refractivity (Wildman–Crippen MR) is 69.2 cm³/mol. The molecule has 0 aliphatic heterocycles. The fourth-order valence-corrected chi connectivity index (χ4v) is 1.21. The van der Waals surface area contributed by atoms with E-state index in [1.165, 1.54) is 26.6 Å². The van der Waals surface area contributed by atoms with E-state index in [-0.39, 0.29) is 17.2 Å². The Morgan fingerprint density at radius 3 is 2.84 bits per heavy atom. The Labute approximate surface area is 110 Å². The monoisotopic (exact) mass is 265 g/mol. The van der Waals surface area contributed by atoms with Gasteiger partial charge in [0.15, 0.2) is 5.71 Å². The smallest absolute Gasteiger partial charge is 0.273 e. The van der Waals surface area contributed by atoms with Crippen LogP contribution in [0.4, 0.5) is 0 Å². The van der Waals surface area contributed by atoms with Gasteiger partial charge < -0.3 is 15.0 Å². The fourth-order valence-electron chi connectivity index (χ4n) is 1.21. The summed E-state index contributed by atoms with van der Waals surface area (Å²) in [5.41, 5.74) is 0.295. The van der Waals surface area contributed by atoms with Gasteiger partial charge in [0.05, 0.1) is 5.56 Å². The summed E-state index contributed by atoms with van der Waals surface area (Å²) in [6.07, 6.45) is 2.88. The van der Waals surface area contributed by atoms with Crippen LogP contribution in [-0.4, -0.2) is 42.0 Å². The predicted octanol–water partition coefficient (Wildman–Crippen LogP) is 0.266. The molecule has 1 amide bonds. The van der Waals surface area contributed by atoms with Crippen molar-refractivity contribution in [3.8, 4) is 5.88 Å². The quantitative estimate of drug-likeness (QED) is 0.608. The van der Waals surface area contributed by atoms with E-state index < -0.39 is 5.91 Å². The van der Waals surface area contributed by atoms with Crippen LogP contribution in [0.25, 0.3) is 0 Å². The lowest BCUT2D eigenvalue weighted by atomic mass is 10.2. The Balaban J connectivity index is 3.29. The molecule has 0 aliphatic rings. The lowest BCUT2D eigenvalue weighted by Gasteiger charge is -2.07. The SMILES string of the molecule is CC=NOc1nc(C)ncc1/C(=N\OC)C(=O)NC. The molecule has 0 bridgehead atoms. The van der Waals surface area contributed by atoms with E-state index in [1.54, 1.807) is 13.8 Å². The summed E-state index contributed by atoms with van der Waals surface area (Å²) in [6.45, 7) is 3.38. The number of carbonyl (C=O) groups is 1. The van der Waals surface area contributed by atoms with Crippen LogP contribution in [0, 0.1) is 6.92 Å². The Bertz CT molecular complexity index is 513. The Kier molecular flexibility index (Phi) is 5.39. The summed E-state index contributed by atoms with van der Waals surface area (Å²) in [6, 6.07) is 0. The van der Waals surface area contributed by atoms with E-state index in [2.05, 4.69) is 30.4 Å². The molecule has 1 N–H and O–H groups in total. The summed E-state index contributed by atoms with van der Waals surface area (Å²) in [7, 11) is 2.82. The van der Waals surface area contributed by atoms with Gasteiger partial charge in [-0.25, -0.2) is 4.98 Å². The van der Waals surface area contributed by atoms with Gasteiger partial charge in [0.25, 0.3) is 11.8 Å². The molecule has 1 aromatic heterocycles. The lowest BCUT2D eigenvalue weighted by molar-refractivity contribution is -0.114. The largest absolute Gasteiger partial charge is 0.398 e.